The van der Waals surface area contributed by atoms with Crippen molar-refractivity contribution in [1.29, 1.82) is 0 Å². The monoisotopic (exact) mass is 477 g/mol. The van der Waals surface area contributed by atoms with Crippen LogP contribution in [0.15, 0.2) is 55.1 Å². The van der Waals surface area contributed by atoms with Crippen molar-refractivity contribution in [3.8, 4) is 16.9 Å². The number of carbonyl (C=O) groups excluding carboxylic acids is 1. The van der Waals surface area contributed by atoms with Crippen LogP contribution in [0.5, 0.6) is 0 Å². The fourth-order valence-corrected chi connectivity index (χ4v) is 5.62. The van der Waals surface area contributed by atoms with Crippen molar-refractivity contribution in [3.05, 3.63) is 89.4 Å². The van der Waals surface area contributed by atoms with Crippen molar-refractivity contribution >= 4 is 5.91 Å². The summed E-state index contributed by atoms with van der Waals surface area (Å²) in [5, 5.41) is 4.70. The summed E-state index contributed by atoms with van der Waals surface area (Å²) in [6.45, 7) is 0. The van der Waals surface area contributed by atoms with Gasteiger partial charge in [-0.05, 0) is 49.9 Å². The lowest BCUT2D eigenvalue weighted by molar-refractivity contribution is 0.0392. The van der Waals surface area contributed by atoms with Crippen molar-refractivity contribution in [3.63, 3.8) is 0 Å². The van der Waals surface area contributed by atoms with E-state index in [1.165, 1.54) is 0 Å². The summed E-state index contributed by atoms with van der Waals surface area (Å²) < 4.78 is 45.1. The van der Waals surface area contributed by atoms with Crippen LogP contribution in [0.1, 0.15) is 46.9 Å². The minimum Gasteiger partial charge on any atom is -0.327 e. The van der Waals surface area contributed by atoms with Gasteiger partial charge in [0.05, 0.1) is 35.0 Å². The number of hydrogen-bond acceptors (Lipinski definition) is 3. The predicted molar refractivity (Wildman–Crippen MR) is 122 cm³/mol. The fourth-order valence-electron chi connectivity index (χ4n) is 5.62. The average Bonchev–Trinajstić information content (AvgIpc) is 3.49. The Kier molecular flexibility index (Phi) is 5.01. The SMILES string of the molecule is Cn1nc2c(c1-c1cc(F)c(F)c(F)c1)CC1CCCC2N1C(=O)c1ccccc1-n1ccnc1. The first-order chi connectivity index (χ1) is 16.9. The molecule has 0 radical (unpaired) electrons. The standard InChI is InChI=1S/C26H22F3N5O/c1-32-25(15-11-19(27)23(29)20(28)12-15)18-13-16-5-4-8-22(24(18)31-32)34(16)26(35)17-6-2-3-7-21(17)33-10-9-30-14-33/h2-3,6-7,9-12,14,16,22H,4-5,8,13H2,1H3. The number of piperidine rings is 1. The number of aryl methyl sites for hydroxylation is 1. The lowest BCUT2D eigenvalue weighted by Gasteiger charge is -2.45. The van der Waals surface area contributed by atoms with E-state index in [4.69, 9.17) is 5.10 Å². The summed E-state index contributed by atoms with van der Waals surface area (Å²) in [6, 6.07) is 9.10. The van der Waals surface area contributed by atoms with Gasteiger partial charge in [-0.3, -0.25) is 9.48 Å². The highest BCUT2D eigenvalue weighted by Gasteiger charge is 2.44. The number of para-hydroxylation sites is 1. The van der Waals surface area contributed by atoms with Gasteiger partial charge in [0.25, 0.3) is 5.91 Å². The van der Waals surface area contributed by atoms with E-state index in [1.54, 1.807) is 30.5 Å². The summed E-state index contributed by atoms with van der Waals surface area (Å²) in [5.41, 5.74) is 3.71. The molecule has 0 aliphatic carbocycles. The number of carbonyl (C=O) groups is 1. The molecule has 178 valence electrons. The lowest BCUT2D eigenvalue weighted by atomic mass is 9.81. The van der Waals surface area contributed by atoms with Gasteiger partial charge in [0.2, 0.25) is 0 Å². The molecular formula is C26H22F3N5O. The van der Waals surface area contributed by atoms with E-state index >= 15 is 0 Å². The number of fused-ring (bicyclic) bond motifs is 4. The molecule has 6 rings (SSSR count). The molecule has 2 bridgehead atoms. The van der Waals surface area contributed by atoms with Crippen molar-refractivity contribution in [1.82, 2.24) is 24.2 Å². The van der Waals surface area contributed by atoms with Crippen LogP contribution >= 0.6 is 0 Å². The molecular weight excluding hydrogens is 455 g/mol. The highest BCUT2D eigenvalue weighted by molar-refractivity contribution is 5.98. The van der Waals surface area contributed by atoms with Crippen molar-refractivity contribution in [2.75, 3.05) is 0 Å². The Morgan fingerprint density at radius 2 is 1.86 bits per heavy atom. The van der Waals surface area contributed by atoms with Gasteiger partial charge < -0.3 is 9.47 Å². The Morgan fingerprint density at radius 3 is 2.60 bits per heavy atom. The smallest absolute Gasteiger partial charge is 0.256 e. The maximum atomic E-state index is 14.0. The first-order valence-electron chi connectivity index (χ1n) is 11.5. The second kappa shape index (κ2) is 8.11. The molecule has 4 heterocycles. The molecule has 2 aromatic heterocycles. The Hall–Kier alpha value is -3.88. The zero-order valence-corrected chi connectivity index (χ0v) is 19.0. The van der Waals surface area contributed by atoms with E-state index in [2.05, 4.69) is 4.98 Å². The molecule has 1 fully saturated rings. The largest absolute Gasteiger partial charge is 0.327 e. The van der Waals surface area contributed by atoms with Crippen molar-refractivity contribution in [2.24, 2.45) is 7.05 Å². The van der Waals surface area contributed by atoms with Gasteiger partial charge in [0.1, 0.15) is 0 Å². The van der Waals surface area contributed by atoms with Crippen LogP contribution in [0.2, 0.25) is 0 Å². The second-order valence-electron chi connectivity index (χ2n) is 9.09. The second-order valence-corrected chi connectivity index (χ2v) is 9.09. The Labute approximate surface area is 199 Å². The van der Waals surface area contributed by atoms with Gasteiger partial charge in [0, 0.05) is 36.6 Å². The number of rotatable bonds is 3. The van der Waals surface area contributed by atoms with Crippen LogP contribution in [0.3, 0.4) is 0 Å². The number of halogens is 3. The van der Waals surface area contributed by atoms with Gasteiger partial charge in [-0.25, -0.2) is 18.2 Å². The Bertz CT molecular complexity index is 1420. The van der Waals surface area contributed by atoms with Crippen LogP contribution in [0, 0.1) is 17.5 Å². The molecule has 2 atom stereocenters. The third-order valence-electron chi connectivity index (χ3n) is 7.08. The van der Waals surface area contributed by atoms with E-state index in [-0.39, 0.29) is 23.6 Å². The number of imidazole rings is 1. The molecule has 9 heteroatoms. The molecule has 2 aliphatic rings. The highest BCUT2D eigenvalue weighted by Crippen LogP contribution is 2.45. The van der Waals surface area contributed by atoms with Gasteiger partial charge >= 0.3 is 0 Å². The van der Waals surface area contributed by atoms with Crippen molar-refractivity contribution < 1.29 is 18.0 Å². The predicted octanol–water partition coefficient (Wildman–Crippen LogP) is 4.98. The topological polar surface area (TPSA) is 56.0 Å². The first-order valence-corrected chi connectivity index (χ1v) is 11.5. The summed E-state index contributed by atoms with van der Waals surface area (Å²) in [7, 11) is 1.71. The molecule has 1 saturated heterocycles. The fraction of sp³-hybridized carbons (Fsp3) is 0.269. The molecule has 0 saturated carbocycles. The molecule has 35 heavy (non-hydrogen) atoms. The molecule has 0 N–H and O–H groups in total. The van der Waals surface area contributed by atoms with E-state index in [0.717, 1.165) is 48.3 Å². The van der Waals surface area contributed by atoms with E-state index in [9.17, 15) is 18.0 Å². The molecule has 4 aromatic rings. The molecule has 2 unspecified atom stereocenters. The maximum absolute atomic E-state index is 14.0. The highest BCUT2D eigenvalue weighted by atomic mass is 19.2. The summed E-state index contributed by atoms with van der Waals surface area (Å²) in [6.07, 6.45) is 8.14. The normalized spacial score (nSPS) is 19.0. The van der Waals surface area contributed by atoms with E-state index in [1.807, 2.05) is 33.7 Å². The number of amides is 1. The molecule has 2 aliphatic heterocycles. The number of nitrogens with zero attached hydrogens (tertiary/aromatic N) is 5. The quantitative estimate of drug-likeness (QED) is 0.391. The van der Waals surface area contributed by atoms with Crippen LogP contribution in [-0.2, 0) is 13.5 Å². The van der Waals surface area contributed by atoms with E-state index in [0.29, 0.717) is 17.7 Å². The summed E-state index contributed by atoms with van der Waals surface area (Å²) >= 11 is 0. The number of hydrogen-bond donors (Lipinski definition) is 0. The van der Waals surface area contributed by atoms with Crippen LogP contribution < -0.4 is 0 Å². The molecule has 2 aromatic carbocycles. The average molecular weight is 477 g/mol. The van der Waals surface area contributed by atoms with Gasteiger partial charge in [-0.2, -0.15) is 5.10 Å². The van der Waals surface area contributed by atoms with Gasteiger partial charge in [0.15, 0.2) is 17.5 Å². The van der Waals surface area contributed by atoms with Crippen LogP contribution in [0.4, 0.5) is 13.2 Å². The zero-order chi connectivity index (χ0) is 24.3. The van der Waals surface area contributed by atoms with E-state index < -0.39 is 17.5 Å². The van der Waals surface area contributed by atoms with Crippen molar-refractivity contribution in [2.45, 2.75) is 37.8 Å². The van der Waals surface area contributed by atoms with Crippen LogP contribution in [0.25, 0.3) is 16.9 Å². The summed E-state index contributed by atoms with van der Waals surface area (Å²) in [5.74, 6) is -4.05. The third-order valence-corrected chi connectivity index (χ3v) is 7.08. The number of aromatic nitrogens is 4. The zero-order valence-electron chi connectivity index (χ0n) is 19.0. The summed E-state index contributed by atoms with van der Waals surface area (Å²) in [4.78, 5) is 20.0. The Morgan fingerprint density at radius 1 is 1.09 bits per heavy atom. The molecule has 6 nitrogen and oxygen atoms in total. The molecule has 0 spiro atoms. The number of benzene rings is 2. The van der Waals surface area contributed by atoms with Crippen LogP contribution in [-0.4, -0.2) is 36.2 Å². The lowest BCUT2D eigenvalue weighted by Crippen LogP contribution is -2.50. The maximum Gasteiger partial charge on any atom is 0.256 e. The first kappa shape index (κ1) is 21.6. The Balaban J connectivity index is 1.44. The third kappa shape index (κ3) is 3.37. The minimum absolute atomic E-state index is 0.0808. The minimum atomic E-state index is -1.49. The van der Waals surface area contributed by atoms with Gasteiger partial charge in [-0.15, -0.1) is 0 Å². The molecule has 1 amide bonds. The van der Waals surface area contributed by atoms with Gasteiger partial charge in [-0.1, -0.05) is 12.1 Å².